The second-order valence-electron chi connectivity index (χ2n) is 1.56. The van der Waals surface area contributed by atoms with Gasteiger partial charge in [-0.3, -0.25) is 17.3 Å². The van der Waals surface area contributed by atoms with Crippen molar-refractivity contribution in [1.29, 1.82) is 0 Å². The van der Waals surface area contributed by atoms with Gasteiger partial charge in [-0.15, -0.1) is 0 Å². The Balaban J connectivity index is -0.0000000432. The summed E-state index contributed by atoms with van der Waals surface area (Å²) in [6.07, 6.45) is 0. The number of hydrogen-bond acceptors (Lipinski definition) is 9. The minimum absolute atomic E-state index is 0.250. The van der Waals surface area contributed by atoms with E-state index in [-0.39, 0.29) is 6.61 Å². The Labute approximate surface area is 107 Å². The lowest BCUT2D eigenvalue weighted by Crippen LogP contribution is -1.98. The quantitative estimate of drug-likeness (QED) is 0.158. The maximum atomic E-state index is 10.1. The van der Waals surface area contributed by atoms with Crippen LogP contribution in [0.3, 0.4) is 0 Å². The number of aliphatic hydroxyl groups excluding tert-OH is 1. The van der Waals surface area contributed by atoms with Gasteiger partial charge in [0.05, 0.1) is 0 Å². The number of aliphatic hydroxyl groups is 1. The summed E-state index contributed by atoms with van der Waals surface area (Å²) in [5, 5.41) is 63.1. The highest BCUT2D eigenvalue weighted by Crippen LogP contribution is 1.58. The summed E-state index contributed by atoms with van der Waals surface area (Å²) in [4.78, 5) is 0. The monoisotopic (exact) mass is 302 g/mol. The zero-order valence-corrected chi connectivity index (χ0v) is 9.55. The third-order valence-electron chi connectivity index (χ3n) is 0. The van der Waals surface area contributed by atoms with E-state index in [1.54, 1.807) is 6.92 Å². The molecule has 0 heterocycles. The van der Waals surface area contributed by atoms with E-state index in [0.29, 0.717) is 0 Å². The molecule has 0 amide bonds. The van der Waals surface area contributed by atoms with Crippen molar-refractivity contribution in [2.45, 2.75) is 6.92 Å². The van der Waals surface area contributed by atoms with E-state index in [1.807, 2.05) is 0 Å². The lowest BCUT2D eigenvalue weighted by Gasteiger charge is -1.65. The van der Waals surface area contributed by atoms with Gasteiger partial charge in [0.15, 0.2) is 0 Å². The summed E-state index contributed by atoms with van der Waals surface area (Å²) in [5.74, 6) is 0. The van der Waals surface area contributed by atoms with Crippen LogP contribution in [0, 0.1) is 0 Å². The molecule has 0 aliphatic heterocycles. The fourth-order valence-corrected chi connectivity index (χ4v) is 0. The molecule has 0 unspecified atom stereocenters. The van der Waals surface area contributed by atoms with Crippen molar-refractivity contribution < 1.29 is 62.6 Å². The highest BCUT2D eigenvalue weighted by molar-refractivity contribution is 6.32. The van der Waals surface area contributed by atoms with Crippen molar-refractivity contribution in [3.63, 3.8) is 0 Å². The molecule has 0 aliphatic carbocycles. The van der Waals surface area contributed by atoms with Crippen LogP contribution in [0.2, 0.25) is 0 Å². The zero-order valence-electron chi connectivity index (χ0n) is 9.55. The third-order valence-corrected chi connectivity index (χ3v) is 0. The van der Waals surface area contributed by atoms with Crippen LogP contribution in [0.5, 0.6) is 0 Å². The van der Waals surface area contributed by atoms with Gasteiger partial charge in [0.2, 0.25) is 0 Å². The molecule has 0 radical (unpaired) electrons. The van der Waals surface area contributed by atoms with Gasteiger partial charge in [0, 0.05) is 6.61 Å². The van der Waals surface area contributed by atoms with Gasteiger partial charge in [0.1, 0.15) is 0 Å². The van der Waals surface area contributed by atoms with Crippen LogP contribution in [0.4, 0.5) is 17.3 Å². The molecule has 0 aromatic heterocycles. The van der Waals surface area contributed by atoms with E-state index in [0.717, 1.165) is 0 Å². The fourth-order valence-electron chi connectivity index (χ4n) is 0. The first-order valence-corrected chi connectivity index (χ1v) is 3.96. The van der Waals surface area contributed by atoms with Crippen molar-refractivity contribution in [3.8, 4) is 0 Å². The van der Waals surface area contributed by atoms with E-state index < -0.39 is 29.6 Å². The highest BCUT2D eigenvalue weighted by Gasteiger charge is 1.98. The van der Waals surface area contributed by atoms with E-state index in [1.165, 1.54) is 0 Å². The van der Waals surface area contributed by atoms with Crippen molar-refractivity contribution in [1.82, 2.24) is 0 Å². The summed E-state index contributed by atoms with van der Waals surface area (Å²) in [7, 11) is -10.7. The molecule has 0 aromatic carbocycles. The van der Waals surface area contributed by atoms with Crippen molar-refractivity contribution in [3.05, 3.63) is 0 Å². The van der Waals surface area contributed by atoms with Gasteiger partial charge in [0.25, 0.3) is 0 Å². The van der Waals surface area contributed by atoms with Crippen molar-refractivity contribution in [2.24, 2.45) is 0 Å². The smallest absolute Gasteiger partial charge is 0.398 e. The van der Waals surface area contributed by atoms with Crippen molar-refractivity contribution >= 4 is 29.6 Å². The van der Waals surface area contributed by atoms with Gasteiger partial charge >= 0.3 is 29.6 Å². The molecule has 0 spiro atoms. The molecule has 9 N–H and O–H groups in total. The summed E-state index contributed by atoms with van der Waals surface area (Å²) in [6.45, 7) is 1.93. The SMILES string of the molecule is CCO.OB(O)F.OB(O)F.OB(O)F.OB(O)F. The van der Waals surface area contributed by atoms with Crippen LogP contribution >= 0.6 is 0 Å². The largest absolute Gasteiger partial charge is 0.674 e. The standard InChI is InChI=1S/C2H6O.4BFH2O2/c1-2-3;4*2-1(3)4/h3H,2H2,1H3;4*3-4H. The first-order valence-electron chi connectivity index (χ1n) is 3.96. The summed E-state index contributed by atoms with van der Waals surface area (Å²) in [6, 6.07) is 0. The summed E-state index contributed by atoms with van der Waals surface area (Å²) < 4.78 is 40.4. The number of rotatable bonds is 0. The zero-order chi connectivity index (χ0) is 17.0. The molecule has 19 heavy (non-hydrogen) atoms. The minimum atomic E-state index is -2.67. The minimum Gasteiger partial charge on any atom is -0.398 e. The van der Waals surface area contributed by atoms with E-state index >= 15 is 0 Å². The second-order valence-corrected chi connectivity index (χ2v) is 1.56. The summed E-state index contributed by atoms with van der Waals surface area (Å²) >= 11 is 0. The topological polar surface area (TPSA) is 182 Å². The Kier molecular flexibility index (Phi) is 50.1. The third kappa shape index (κ3) is 29700. The summed E-state index contributed by atoms with van der Waals surface area (Å²) in [5.41, 5.74) is 0. The molecular weight excluding hydrogens is 287 g/mol. The van der Waals surface area contributed by atoms with Crippen LogP contribution < -0.4 is 0 Å². The van der Waals surface area contributed by atoms with Crippen LogP contribution in [0.25, 0.3) is 0 Å². The molecule has 0 saturated carbocycles. The van der Waals surface area contributed by atoms with Crippen molar-refractivity contribution in [2.75, 3.05) is 6.61 Å². The average molecular weight is 301 g/mol. The normalized spacial score (nSPS) is 6.63. The lowest BCUT2D eigenvalue weighted by atomic mass is 10.3. The molecule has 0 aromatic rings. The molecule has 9 nitrogen and oxygen atoms in total. The Morgan fingerprint density at radius 3 is 0.579 bits per heavy atom. The number of halogens is 4. The molecule has 0 saturated heterocycles. The molecule has 0 atom stereocenters. The molecule has 0 aliphatic rings. The maximum Gasteiger partial charge on any atom is 0.674 e. The average Bonchev–Trinajstić information content (AvgIpc) is 1.97. The predicted molar refractivity (Wildman–Crippen MR) is 58.0 cm³/mol. The Bertz CT molecular complexity index is 87.4. The van der Waals surface area contributed by atoms with Crippen LogP contribution in [-0.2, 0) is 0 Å². The van der Waals surface area contributed by atoms with Gasteiger partial charge in [-0.25, -0.2) is 0 Å². The van der Waals surface area contributed by atoms with E-state index in [9.17, 15) is 17.3 Å². The molecule has 0 rings (SSSR count). The molecule has 17 heteroatoms. The van der Waals surface area contributed by atoms with Gasteiger partial charge in [-0.2, -0.15) is 0 Å². The number of hydrogen-bond donors (Lipinski definition) is 9. The molecule has 116 valence electrons. The Hall–Kier alpha value is -0.380. The van der Waals surface area contributed by atoms with Crippen LogP contribution in [0.15, 0.2) is 0 Å². The van der Waals surface area contributed by atoms with Gasteiger partial charge < -0.3 is 45.3 Å². The van der Waals surface area contributed by atoms with E-state index in [4.69, 9.17) is 45.3 Å². The molecule has 0 bridgehead atoms. The van der Waals surface area contributed by atoms with Gasteiger partial charge in [-0.05, 0) is 6.92 Å². The first kappa shape index (κ1) is 31.2. The lowest BCUT2D eigenvalue weighted by molar-refractivity contribution is 0.318. The highest BCUT2D eigenvalue weighted by atomic mass is 19.1. The predicted octanol–water partition coefficient (Wildman–Crippen LogP) is -4.30. The first-order chi connectivity index (χ1) is 8.34. The van der Waals surface area contributed by atoms with Crippen LogP contribution in [-0.4, -0.2) is 81.5 Å². The molecular formula is C2H14B4F4O9. The van der Waals surface area contributed by atoms with Crippen LogP contribution in [0.1, 0.15) is 6.92 Å². The Morgan fingerprint density at radius 2 is 0.579 bits per heavy atom. The Morgan fingerprint density at radius 1 is 0.579 bits per heavy atom. The maximum absolute atomic E-state index is 10.1. The fraction of sp³-hybridized carbons (Fsp3) is 1.00. The van der Waals surface area contributed by atoms with E-state index in [2.05, 4.69) is 0 Å². The molecule has 0 fully saturated rings. The van der Waals surface area contributed by atoms with Gasteiger partial charge in [-0.1, -0.05) is 0 Å². The second kappa shape index (κ2) is 30.6.